The predicted molar refractivity (Wildman–Crippen MR) is 124 cm³/mol. The highest BCUT2D eigenvalue weighted by Gasteiger charge is 2.17. The lowest BCUT2D eigenvalue weighted by Gasteiger charge is -2.02. The first-order chi connectivity index (χ1) is 15.8. The normalized spacial score (nSPS) is 13.5. The van der Waals surface area contributed by atoms with Crippen molar-refractivity contribution in [1.82, 2.24) is 0 Å². The molecule has 0 heterocycles. The molecule has 0 unspecified atom stereocenters. The summed E-state index contributed by atoms with van der Waals surface area (Å²) in [5, 5.41) is 6.51. The van der Waals surface area contributed by atoms with Crippen LogP contribution >= 0.6 is 0 Å². The Balaban J connectivity index is 1.80. The number of rotatable bonds is 13. The Labute approximate surface area is 198 Å². The Hall–Kier alpha value is -2.56. The number of sulfonamides is 2. The number of nitrogens with zero attached hydrogens (tertiary/aromatic N) is 4. The molecule has 12 nitrogen and oxygen atoms in total. The van der Waals surface area contributed by atoms with Gasteiger partial charge in [-0.2, -0.15) is 27.1 Å². The molecule has 2 rings (SSSR count). The average molecular weight is 551 g/mol. The minimum absolute atomic E-state index is 0.0397. The first-order valence-corrected chi connectivity index (χ1v) is 16.1. The van der Waals surface area contributed by atoms with Gasteiger partial charge in [0.25, 0.3) is 20.0 Å². The minimum Gasteiger partial charge on any atom is -0.227 e. The second-order valence-corrected chi connectivity index (χ2v) is 14.4. The van der Waals surface area contributed by atoms with Crippen molar-refractivity contribution in [1.29, 1.82) is 0 Å². The van der Waals surface area contributed by atoms with Crippen LogP contribution in [0.25, 0.3) is 0 Å². The molecule has 2 aromatic rings. The van der Waals surface area contributed by atoms with Gasteiger partial charge in [0.05, 0.1) is 21.3 Å². The van der Waals surface area contributed by atoms with Gasteiger partial charge in [-0.15, -0.1) is 0 Å². The Morgan fingerprint density at radius 2 is 0.824 bits per heavy atom. The lowest BCUT2D eigenvalue weighted by atomic mass is 10.4. The first-order valence-electron chi connectivity index (χ1n) is 9.62. The third-order valence-electron chi connectivity index (χ3n) is 4.08. The van der Waals surface area contributed by atoms with Crippen LogP contribution in [0.2, 0.25) is 0 Å². The van der Waals surface area contributed by atoms with Gasteiger partial charge >= 0.3 is 0 Å². The predicted octanol–water partition coefficient (Wildman–Crippen LogP) is 2.19. The molecular formula is C18H22N4O8S4. The van der Waals surface area contributed by atoms with Crippen LogP contribution in [0.15, 0.2) is 89.7 Å². The van der Waals surface area contributed by atoms with Crippen molar-refractivity contribution in [2.24, 2.45) is 19.3 Å². The molecule has 0 aliphatic heterocycles. The SMILES string of the molecule is O=S(=O)(CCCCS(=O)(=O)CN=NS(=O)(=O)c1ccccc1)CN=NS(=O)(=O)c1ccccc1. The molecule has 2 aromatic carbocycles. The summed E-state index contributed by atoms with van der Waals surface area (Å²) in [5.74, 6) is -2.59. The molecule has 0 radical (unpaired) electrons. The summed E-state index contributed by atoms with van der Waals surface area (Å²) in [6.45, 7) is 0. The second-order valence-electron chi connectivity index (χ2n) is 6.88. The molecule has 0 saturated heterocycles. The first kappa shape index (κ1) is 27.7. The molecule has 0 amide bonds. The molecule has 34 heavy (non-hydrogen) atoms. The molecule has 0 spiro atoms. The molecule has 0 aliphatic carbocycles. The largest absolute Gasteiger partial charge is 0.299 e. The molecular weight excluding hydrogens is 528 g/mol. The van der Waals surface area contributed by atoms with E-state index >= 15 is 0 Å². The van der Waals surface area contributed by atoms with E-state index in [0.29, 0.717) is 0 Å². The van der Waals surface area contributed by atoms with E-state index in [2.05, 4.69) is 19.3 Å². The number of sulfone groups is 2. The lowest BCUT2D eigenvalue weighted by Crippen LogP contribution is -2.13. The lowest BCUT2D eigenvalue weighted by molar-refractivity contribution is 0.582. The molecule has 16 heteroatoms. The van der Waals surface area contributed by atoms with Gasteiger partial charge in [0.15, 0.2) is 31.4 Å². The van der Waals surface area contributed by atoms with E-state index in [1.807, 2.05) is 0 Å². The quantitative estimate of drug-likeness (QED) is 0.268. The van der Waals surface area contributed by atoms with Crippen molar-refractivity contribution >= 4 is 39.7 Å². The molecule has 0 saturated carbocycles. The maximum absolute atomic E-state index is 12.0. The second kappa shape index (κ2) is 11.7. The third-order valence-corrected chi connectivity index (χ3v) is 9.32. The van der Waals surface area contributed by atoms with Gasteiger partial charge in [-0.1, -0.05) is 45.4 Å². The van der Waals surface area contributed by atoms with Crippen LogP contribution < -0.4 is 0 Å². The molecule has 0 fully saturated rings. The average Bonchev–Trinajstić information content (AvgIpc) is 2.77. The summed E-state index contributed by atoms with van der Waals surface area (Å²) < 4.78 is 102. The van der Waals surface area contributed by atoms with Crippen LogP contribution in [-0.4, -0.2) is 56.9 Å². The zero-order chi connectivity index (χ0) is 25.3. The number of unbranched alkanes of at least 4 members (excludes halogenated alkanes) is 1. The van der Waals surface area contributed by atoms with Crippen molar-refractivity contribution in [3.63, 3.8) is 0 Å². The summed E-state index contributed by atoms with van der Waals surface area (Å²) in [6, 6.07) is 14.3. The Morgan fingerprint density at radius 1 is 0.500 bits per heavy atom. The van der Waals surface area contributed by atoms with Crippen LogP contribution in [0.5, 0.6) is 0 Å². The summed E-state index contributed by atoms with van der Waals surface area (Å²) in [7, 11) is -15.8. The fourth-order valence-electron chi connectivity index (χ4n) is 2.43. The van der Waals surface area contributed by atoms with Gasteiger partial charge in [0.1, 0.15) is 0 Å². The molecule has 0 aromatic heterocycles. The summed E-state index contributed by atoms with van der Waals surface area (Å²) in [5.41, 5.74) is 0. The van der Waals surface area contributed by atoms with Crippen molar-refractivity contribution in [3.05, 3.63) is 60.7 Å². The van der Waals surface area contributed by atoms with Crippen molar-refractivity contribution < 1.29 is 33.7 Å². The highest BCUT2D eigenvalue weighted by Crippen LogP contribution is 2.13. The summed E-state index contributed by atoms with van der Waals surface area (Å²) in [4.78, 5) is -0.259. The van der Waals surface area contributed by atoms with Crippen LogP contribution in [0, 0.1) is 0 Å². The Kier molecular flexibility index (Phi) is 9.54. The molecule has 186 valence electrons. The Morgan fingerprint density at radius 3 is 1.15 bits per heavy atom. The van der Waals surface area contributed by atoms with Crippen LogP contribution in [0.3, 0.4) is 0 Å². The van der Waals surface area contributed by atoms with Gasteiger partial charge in [-0.25, -0.2) is 16.8 Å². The van der Waals surface area contributed by atoms with Gasteiger partial charge in [0, 0.05) is 0 Å². The zero-order valence-corrected chi connectivity index (χ0v) is 21.0. The van der Waals surface area contributed by atoms with E-state index < -0.39 is 63.0 Å². The van der Waals surface area contributed by atoms with Gasteiger partial charge < -0.3 is 0 Å². The van der Waals surface area contributed by atoms with Gasteiger partial charge in [-0.3, -0.25) is 0 Å². The maximum Gasteiger partial charge on any atom is 0.299 e. The van der Waals surface area contributed by atoms with E-state index in [1.165, 1.54) is 48.5 Å². The Bertz CT molecular complexity index is 1320. The van der Waals surface area contributed by atoms with Crippen LogP contribution in [0.4, 0.5) is 0 Å². The number of hydrogen-bond donors (Lipinski definition) is 0. The fourth-order valence-corrected chi connectivity index (χ4v) is 6.20. The highest BCUT2D eigenvalue weighted by molar-refractivity contribution is 7.92. The monoisotopic (exact) mass is 550 g/mol. The fraction of sp³-hybridized carbons (Fsp3) is 0.333. The molecule has 0 atom stereocenters. The van der Waals surface area contributed by atoms with E-state index in [4.69, 9.17) is 0 Å². The minimum atomic E-state index is -4.11. The third kappa shape index (κ3) is 9.36. The standard InChI is InChI=1S/C18H22N4O8S4/c23-31(24,15-19-21-33(27,28)17-9-3-1-4-10-17)13-7-8-14-32(25,26)16-20-22-34(29,30)18-11-5-2-6-12-18/h1-6,9-12H,7-8,13-16H2. The topological polar surface area (TPSA) is 186 Å². The number of hydrogen-bond acceptors (Lipinski definition) is 10. The van der Waals surface area contributed by atoms with Crippen LogP contribution in [-0.2, 0) is 39.7 Å². The molecule has 0 N–H and O–H groups in total. The van der Waals surface area contributed by atoms with E-state index in [-0.39, 0.29) is 22.6 Å². The highest BCUT2D eigenvalue weighted by atomic mass is 32.2. The molecule has 0 bridgehead atoms. The van der Waals surface area contributed by atoms with Crippen molar-refractivity contribution in [3.8, 4) is 0 Å². The van der Waals surface area contributed by atoms with Crippen molar-refractivity contribution in [2.45, 2.75) is 22.6 Å². The maximum atomic E-state index is 12.0. The smallest absolute Gasteiger partial charge is 0.227 e. The van der Waals surface area contributed by atoms with Gasteiger partial charge in [0.2, 0.25) is 0 Å². The van der Waals surface area contributed by atoms with Gasteiger partial charge in [-0.05, 0) is 37.1 Å². The van der Waals surface area contributed by atoms with Crippen LogP contribution in [0.1, 0.15) is 12.8 Å². The van der Waals surface area contributed by atoms with E-state index in [9.17, 15) is 33.7 Å². The van der Waals surface area contributed by atoms with E-state index in [1.54, 1.807) is 12.1 Å². The zero-order valence-electron chi connectivity index (χ0n) is 17.7. The number of benzene rings is 2. The summed E-state index contributed by atoms with van der Waals surface area (Å²) >= 11 is 0. The molecule has 0 aliphatic rings. The van der Waals surface area contributed by atoms with Crippen molar-refractivity contribution in [2.75, 3.05) is 23.3 Å². The van der Waals surface area contributed by atoms with E-state index in [0.717, 1.165) is 0 Å². The summed E-state index contributed by atoms with van der Waals surface area (Å²) in [6.07, 6.45) is -0.0794.